The Labute approximate surface area is 107 Å². The lowest BCUT2D eigenvalue weighted by Crippen LogP contribution is -2.50. The SMILES string of the molecule is C[C@@H]1CNC[C@H]1C(=O)NC1(CC(=O)O)CCCC1. The summed E-state index contributed by atoms with van der Waals surface area (Å²) in [6.07, 6.45) is 3.64. The minimum atomic E-state index is -0.824. The highest BCUT2D eigenvalue weighted by Crippen LogP contribution is 2.33. The van der Waals surface area contributed by atoms with Gasteiger partial charge in [-0.25, -0.2) is 0 Å². The Morgan fingerprint density at radius 1 is 1.33 bits per heavy atom. The van der Waals surface area contributed by atoms with Crippen LogP contribution in [-0.4, -0.2) is 35.6 Å². The number of hydrogen-bond acceptors (Lipinski definition) is 3. The van der Waals surface area contributed by atoms with Crippen LogP contribution in [0.2, 0.25) is 0 Å². The summed E-state index contributed by atoms with van der Waals surface area (Å²) in [5.74, 6) is -0.491. The number of carboxylic acids is 1. The van der Waals surface area contributed by atoms with Crippen LogP contribution >= 0.6 is 0 Å². The molecule has 0 spiro atoms. The maximum atomic E-state index is 12.3. The summed E-state index contributed by atoms with van der Waals surface area (Å²) in [7, 11) is 0. The van der Waals surface area contributed by atoms with Gasteiger partial charge in [-0.1, -0.05) is 19.8 Å². The minimum Gasteiger partial charge on any atom is -0.481 e. The molecule has 1 saturated carbocycles. The Bertz CT molecular complexity index is 337. The Morgan fingerprint density at radius 2 is 2.00 bits per heavy atom. The molecular weight excluding hydrogens is 232 g/mol. The Balaban J connectivity index is 2.00. The summed E-state index contributed by atoms with van der Waals surface area (Å²) in [4.78, 5) is 23.2. The van der Waals surface area contributed by atoms with Crippen LogP contribution in [0.25, 0.3) is 0 Å². The van der Waals surface area contributed by atoms with E-state index >= 15 is 0 Å². The second kappa shape index (κ2) is 5.26. The number of aliphatic carboxylic acids is 1. The summed E-state index contributed by atoms with van der Waals surface area (Å²) < 4.78 is 0. The maximum absolute atomic E-state index is 12.3. The van der Waals surface area contributed by atoms with Crippen molar-refractivity contribution in [2.45, 2.75) is 44.6 Å². The summed E-state index contributed by atoms with van der Waals surface area (Å²) >= 11 is 0. The van der Waals surface area contributed by atoms with E-state index in [0.29, 0.717) is 12.5 Å². The third-order valence-electron chi connectivity index (χ3n) is 4.29. The monoisotopic (exact) mass is 254 g/mol. The number of carbonyl (C=O) groups excluding carboxylic acids is 1. The normalized spacial score (nSPS) is 30.3. The van der Waals surface area contributed by atoms with Crippen LogP contribution in [0.4, 0.5) is 0 Å². The van der Waals surface area contributed by atoms with E-state index in [1.807, 2.05) is 0 Å². The largest absolute Gasteiger partial charge is 0.481 e. The maximum Gasteiger partial charge on any atom is 0.305 e. The molecule has 0 unspecified atom stereocenters. The number of carboxylic acid groups (broad SMARTS) is 1. The molecule has 1 saturated heterocycles. The van der Waals surface area contributed by atoms with Crippen molar-refractivity contribution in [1.82, 2.24) is 10.6 Å². The van der Waals surface area contributed by atoms with Crippen LogP contribution in [0.15, 0.2) is 0 Å². The highest BCUT2D eigenvalue weighted by molar-refractivity contribution is 5.81. The average molecular weight is 254 g/mol. The van der Waals surface area contributed by atoms with Crippen molar-refractivity contribution in [1.29, 1.82) is 0 Å². The van der Waals surface area contributed by atoms with Gasteiger partial charge in [0.2, 0.25) is 5.91 Å². The van der Waals surface area contributed by atoms with E-state index < -0.39 is 11.5 Å². The molecule has 1 amide bonds. The van der Waals surface area contributed by atoms with Gasteiger partial charge in [-0.2, -0.15) is 0 Å². The molecule has 3 N–H and O–H groups in total. The zero-order valence-electron chi connectivity index (χ0n) is 10.9. The fourth-order valence-electron chi connectivity index (χ4n) is 3.20. The van der Waals surface area contributed by atoms with Crippen LogP contribution in [0.3, 0.4) is 0 Å². The van der Waals surface area contributed by atoms with Gasteiger partial charge < -0.3 is 15.7 Å². The quantitative estimate of drug-likeness (QED) is 0.691. The molecule has 0 aromatic heterocycles. The van der Waals surface area contributed by atoms with Gasteiger partial charge in [-0.15, -0.1) is 0 Å². The molecule has 102 valence electrons. The standard InChI is InChI=1S/C13H22N2O3/c1-9-7-14-8-10(9)12(18)15-13(6-11(16)17)4-2-3-5-13/h9-10,14H,2-8H2,1H3,(H,15,18)(H,16,17)/t9-,10-/m1/s1. The molecule has 1 aliphatic carbocycles. The zero-order valence-corrected chi connectivity index (χ0v) is 10.9. The molecule has 0 bridgehead atoms. The Kier molecular flexibility index (Phi) is 3.90. The first-order valence-corrected chi connectivity index (χ1v) is 6.77. The number of amides is 1. The third kappa shape index (κ3) is 2.83. The highest BCUT2D eigenvalue weighted by Gasteiger charge is 2.40. The van der Waals surface area contributed by atoms with Crippen molar-refractivity contribution in [3.05, 3.63) is 0 Å². The highest BCUT2D eigenvalue weighted by atomic mass is 16.4. The smallest absolute Gasteiger partial charge is 0.305 e. The van der Waals surface area contributed by atoms with Crippen LogP contribution in [-0.2, 0) is 9.59 Å². The molecule has 2 aliphatic rings. The third-order valence-corrected chi connectivity index (χ3v) is 4.29. The van der Waals surface area contributed by atoms with Crippen molar-refractivity contribution in [3.8, 4) is 0 Å². The van der Waals surface area contributed by atoms with Crippen molar-refractivity contribution in [3.63, 3.8) is 0 Å². The molecule has 0 aromatic carbocycles. The van der Waals surface area contributed by atoms with Crippen LogP contribution in [0.1, 0.15) is 39.0 Å². The summed E-state index contributed by atoms with van der Waals surface area (Å²) in [5, 5.41) is 15.2. The van der Waals surface area contributed by atoms with Crippen LogP contribution in [0.5, 0.6) is 0 Å². The van der Waals surface area contributed by atoms with E-state index in [1.165, 1.54) is 0 Å². The minimum absolute atomic E-state index is 0.0173. The molecule has 5 heteroatoms. The molecule has 1 heterocycles. The molecule has 2 atom stereocenters. The van der Waals surface area contributed by atoms with Gasteiger partial charge in [0.25, 0.3) is 0 Å². The lowest BCUT2D eigenvalue weighted by molar-refractivity contribution is -0.139. The molecular formula is C13H22N2O3. The van der Waals surface area contributed by atoms with Gasteiger partial charge in [0.05, 0.1) is 17.9 Å². The van der Waals surface area contributed by atoms with E-state index in [9.17, 15) is 9.59 Å². The van der Waals surface area contributed by atoms with Crippen molar-refractivity contribution >= 4 is 11.9 Å². The summed E-state index contributed by atoms with van der Waals surface area (Å²) in [6.45, 7) is 3.63. The van der Waals surface area contributed by atoms with Gasteiger partial charge >= 0.3 is 5.97 Å². The topological polar surface area (TPSA) is 78.4 Å². The molecule has 1 aliphatic heterocycles. The molecule has 2 fully saturated rings. The predicted molar refractivity (Wildman–Crippen MR) is 67.1 cm³/mol. The first kappa shape index (κ1) is 13.3. The van der Waals surface area contributed by atoms with Crippen LogP contribution in [0, 0.1) is 11.8 Å². The average Bonchev–Trinajstić information content (AvgIpc) is 2.86. The molecule has 0 radical (unpaired) electrons. The second-order valence-electron chi connectivity index (χ2n) is 5.79. The van der Waals surface area contributed by atoms with Gasteiger partial charge in [-0.3, -0.25) is 9.59 Å². The number of carbonyl (C=O) groups is 2. The van der Waals surface area contributed by atoms with E-state index in [2.05, 4.69) is 17.6 Å². The summed E-state index contributed by atoms with van der Waals surface area (Å²) in [5.41, 5.74) is -0.495. The molecule has 2 rings (SSSR count). The van der Waals surface area contributed by atoms with Gasteiger partial charge in [0.15, 0.2) is 0 Å². The van der Waals surface area contributed by atoms with Gasteiger partial charge in [0, 0.05) is 6.54 Å². The van der Waals surface area contributed by atoms with Gasteiger partial charge in [0.1, 0.15) is 0 Å². The lowest BCUT2D eigenvalue weighted by atomic mass is 9.90. The molecule has 18 heavy (non-hydrogen) atoms. The fourth-order valence-corrected chi connectivity index (χ4v) is 3.20. The Morgan fingerprint density at radius 3 is 2.50 bits per heavy atom. The fraction of sp³-hybridized carbons (Fsp3) is 0.846. The predicted octanol–water partition coefficient (Wildman–Crippen LogP) is 0.746. The number of nitrogens with one attached hydrogen (secondary N) is 2. The van der Waals surface area contributed by atoms with Crippen LogP contribution < -0.4 is 10.6 Å². The first-order chi connectivity index (χ1) is 8.52. The zero-order chi connectivity index (χ0) is 13.2. The first-order valence-electron chi connectivity index (χ1n) is 6.77. The van der Waals surface area contributed by atoms with Crippen molar-refractivity contribution in [2.24, 2.45) is 11.8 Å². The lowest BCUT2D eigenvalue weighted by Gasteiger charge is -2.30. The molecule has 5 nitrogen and oxygen atoms in total. The van der Waals surface area contributed by atoms with Crippen molar-refractivity contribution in [2.75, 3.05) is 13.1 Å². The molecule has 0 aromatic rings. The van der Waals surface area contributed by atoms with Crippen molar-refractivity contribution < 1.29 is 14.7 Å². The summed E-state index contributed by atoms with van der Waals surface area (Å²) in [6, 6.07) is 0. The Hall–Kier alpha value is -1.10. The van der Waals surface area contributed by atoms with Gasteiger partial charge in [-0.05, 0) is 25.3 Å². The number of hydrogen-bond donors (Lipinski definition) is 3. The van der Waals surface area contributed by atoms with E-state index in [-0.39, 0.29) is 18.2 Å². The van der Waals surface area contributed by atoms with E-state index in [1.54, 1.807) is 0 Å². The van der Waals surface area contributed by atoms with E-state index in [4.69, 9.17) is 5.11 Å². The number of rotatable bonds is 4. The second-order valence-corrected chi connectivity index (χ2v) is 5.79. The van der Waals surface area contributed by atoms with E-state index in [0.717, 1.165) is 32.2 Å².